The molecule has 0 radical (unpaired) electrons. The van der Waals surface area contributed by atoms with Crippen LogP contribution in [0.2, 0.25) is 0 Å². The van der Waals surface area contributed by atoms with Crippen molar-refractivity contribution in [3.05, 3.63) is 48.3 Å². The fourth-order valence-electron chi connectivity index (χ4n) is 8.90. The molecular formula is C28H37NO3. The number of nitriles is 1. The van der Waals surface area contributed by atoms with Crippen molar-refractivity contribution in [3.63, 3.8) is 0 Å². The molecule has 0 aromatic carbocycles. The monoisotopic (exact) mass is 435 g/mol. The second-order valence-electron chi connectivity index (χ2n) is 11.3. The summed E-state index contributed by atoms with van der Waals surface area (Å²) in [4.78, 5) is 0. The summed E-state index contributed by atoms with van der Waals surface area (Å²) in [6, 6.07) is 2.37. The van der Waals surface area contributed by atoms with Gasteiger partial charge in [-0.05, 0) is 68.1 Å². The maximum absolute atomic E-state index is 11.3. The lowest BCUT2D eigenvalue weighted by atomic mass is 9.44. The Labute approximate surface area is 192 Å². The van der Waals surface area contributed by atoms with E-state index < -0.39 is 11.2 Å². The molecule has 32 heavy (non-hydrogen) atoms. The Bertz CT molecular complexity index is 923. The average Bonchev–Trinajstić information content (AvgIpc) is 3.37. The summed E-state index contributed by atoms with van der Waals surface area (Å²) in [5.74, 6) is 1.45. The predicted molar refractivity (Wildman–Crippen MR) is 124 cm³/mol. The number of hydrogen-bond acceptors (Lipinski definition) is 4. The minimum Gasteiger partial charge on any atom is -0.510 e. The second-order valence-corrected chi connectivity index (χ2v) is 11.3. The van der Waals surface area contributed by atoms with Gasteiger partial charge in [0.25, 0.3) is 0 Å². The van der Waals surface area contributed by atoms with Crippen molar-refractivity contribution in [2.75, 3.05) is 13.2 Å². The number of hydrogen-bond donors (Lipinski definition) is 1. The van der Waals surface area contributed by atoms with Crippen LogP contribution >= 0.6 is 0 Å². The number of allylic oxidation sites excluding steroid dienone is 5. The van der Waals surface area contributed by atoms with Gasteiger partial charge in [0.15, 0.2) is 5.79 Å². The van der Waals surface area contributed by atoms with Crippen LogP contribution in [0.1, 0.15) is 65.2 Å². The molecule has 3 fully saturated rings. The van der Waals surface area contributed by atoms with Gasteiger partial charge in [-0.15, -0.1) is 13.2 Å². The molecule has 0 aromatic heterocycles. The van der Waals surface area contributed by atoms with Gasteiger partial charge in [0.05, 0.1) is 30.3 Å². The molecule has 5 aliphatic rings. The first-order valence-electron chi connectivity index (χ1n) is 12.4. The van der Waals surface area contributed by atoms with Crippen molar-refractivity contribution >= 4 is 0 Å². The van der Waals surface area contributed by atoms with Gasteiger partial charge in [-0.2, -0.15) is 5.26 Å². The maximum Gasteiger partial charge on any atom is 0.174 e. The van der Waals surface area contributed by atoms with Crippen LogP contribution in [0.4, 0.5) is 0 Å². The summed E-state index contributed by atoms with van der Waals surface area (Å²) in [7, 11) is 0. The van der Waals surface area contributed by atoms with Crippen LogP contribution in [0.5, 0.6) is 0 Å². The van der Waals surface area contributed by atoms with Crippen molar-refractivity contribution in [2.45, 2.75) is 71.0 Å². The van der Waals surface area contributed by atoms with E-state index in [1.54, 1.807) is 0 Å². The number of nitrogens with zero attached hydrogens (tertiary/aromatic N) is 1. The van der Waals surface area contributed by atoms with E-state index in [-0.39, 0.29) is 16.6 Å². The van der Waals surface area contributed by atoms with E-state index in [4.69, 9.17) is 9.47 Å². The Kier molecular flexibility index (Phi) is 5.04. The first-order valence-corrected chi connectivity index (χ1v) is 12.4. The summed E-state index contributed by atoms with van der Waals surface area (Å²) in [6.07, 6.45) is 13.4. The molecule has 4 aliphatic carbocycles. The van der Waals surface area contributed by atoms with Crippen molar-refractivity contribution in [1.29, 1.82) is 5.26 Å². The van der Waals surface area contributed by atoms with Crippen molar-refractivity contribution < 1.29 is 14.6 Å². The number of ether oxygens (including phenoxy) is 2. The van der Waals surface area contributed by atoms with Gasteiger partial charge in [-0.1, -0.05) is 37.6 Å². The number of aliphatic hydroxyl groups excluding tert-OH is 1. The summed E-state index contributed by atoms with van der Waals surface area (Å²) in [6.45, 7) is 14.2. The van der Waals surface area contributed by atoms with E-state index in [1.807, 2.05) is 12.2 Å². The highest BCUT2D eigenvalue weighted by atomic mass is 16.7. The smallest absolute Gasteiger partial charge is 0.174 e. The summed E-state index contributed by atoms with van der Waals surface area (Å²) >= 11 is 0. The molecule has 1 spiro atoms. The van der Waals surface area contributed by atoms with E-state index in [0.29, 0.717) is 55.8 Å². The molecule has 1 heterocycles. The van der Waals surface area contributed by atoms with Gasteiger partial charge in [-0.25, -0.2) is 0 Å². The molecule has 5 unspecified atom stereocenters. The third kappa shape index (κ3) is 2.56. The number of rotatable bonds is 4. The molecule has 1 saturated heterocycles. The standard InChI is InChI=1S/C28H37NO3/c1-5-11-27(12-6-2)23-8-7-20-21(25(23,3)17-19(18-29)24(27)30)9-13-26(4)22(20)10-14-28(26)31-15-16-32-28/h5-6,8,20-22,30H,1-2,7,9-17H2,3-4H3. The van der Waals surface area contributed by atoms with Gasteiger partial charge in [0.2, 0.25) is 0 Å². The fraction of sp³-hybridized carbons (Fsp3) is 0.679. The first kappa shape index (κ1) is 22.0. The SMILES string of the molecule is C=CCC1(CC=C)C2=CCC3C(CCC4(C)C3CCC43OCCO3)C2(C)CC(C#N)=C1O. The molecule has 0 aromatic rings. The fourth-order valence-corrected chi connectivity index (χ4v) is 8.90. The van der Waals surface area contributed by atoms with Crippen LogP contribution < -0.4 is 0 Å². The summed E-state index contributed by atoms with van der Waals surface area (Å²) in [5, 5.41) is 21.3. The van der Waals surface area contributed by atoms with Crippen molar-refractivity contribution in [3.8, 4) is 6.07 Å². The average molecular weight is 436 g/mol. The minimum atomic E-state index is -0.581. The lowest BCUT2D eigenvalue weighted by Gasteiger charge is -2.60. The van der Waals surface area contributed by atoms with Crippen LogP contribution in [0, 0.1) is 45.3 Å². The largest absolute Gasteiger partial charge is 0.510 e. The van der Waals surface area contributed by atoms with E-state index >= 15 is 0 Å². The van der Waals surface area contributed by atoms with E-state index in [1.165, 1.54) is 5.57 Å². The summed E-state index contributed by atoms with van der Waals surface area (Å²) in [5.41, 5.74) is 1.19. The predicted octanol–water partition coefficient (Wildman–Crippen LogP) is 6.39. The van der Waals surface area contributed by atoms with Crippen LogP contribution in [0.25, 0.3) is 0 Å². The molecule has 1 N–H and O–H groups in total. The van der Waals surface area contributed by atoms with Crippen LogP contribution in [-0.2, 0) is 9.47 Å². The molecule has 172 valence electrons. The van der Waals surface area contributed by atoms with E-state index in [2.05, 4.69) is 39.2 Å². The molecular weight excluding hydrogens is 398 g/mol. The molecule has 0 amide bonds. The quantitative estimate of drug-likeness (QED) is 0.520. The Morgan fingerprint density at radius 2 is 1.78 bits per heavy atom. The van der Waals surface area contributed by atoms with Crippen LogP contribution in [0.3, 0.4) is 0 Å². The minimum absolute atomic E-state index is 0.0520. The highest BCUT2D eigenvalue weighted by Crippen LogP contribution is 2.71. The highest BCUT2D eigenvalue weighted by molar-refractivity contribution is 5.47. The molecule has 2 saturated carbocycles. The van der Waals surface area contributed by atoms with Gasteiger partial charge in [-0.3, -0.25) is 0 Å². The zero-order valence-corrected chi connectivity index (χ0v) is 19.7. The highest BCUT2D eigenvalue weighted by Gasteiger charge is 2.67. The van der Waals surface area contributed by atoms with Gasteiger partial charge < -0.3 is 14.6 Å². The van der Waals surface area contributed by atoms with Crippen molar-refractivity contribution in [2.24, 2.45) is 34.0 Å². The van der Waals surface area contributed by atoms with Gasteiger partial charge in [0.1, 0.15) is 5.76 Å². The number of fused-ring (bicyclic) bond motifs is 6. The van der Waals surface area contributed by atoms with E-state index in [0.717, 1.165) is 32.1 Å². The molecule has 4 heteroatoms. The molecule has 5 atom stereocenters. The molecule has 5 rings (SSSR count). The zero-order chi connectivity index (χ0) is 22.8. The Balaban J connectivity index is 1.59. The number of aliphatic hydroxyl groups is 1. The summed E-state index contributed by atoms with van der Waals surface area (Å²) < 4.78 is 12.6. The Morgan fingerprint density at radius 3 is 2.41 bits per heavy atom. The van der Waals surface area contributed by atoms with Crippen molar-refractivity contribution in [1.82, 2.24) is 0 Å². The lowest BCUT2D eigenvalue weighted by Crippen LogP contribution is -2.56. The maximum atomic E-state index is 11.3. The third-order valence-electron chi connectivity index (χ3n) is 10.2. The molecule has 0 bridgehead atoms. The second kappa shape index (κ2) is 7.34. The molecule has 4 nitrogen and oxygen atoms in total. The first-order chi connectivity index (χ1) is 15.3. The third-order valence-corrected chi connectivity index (χ3v) is 10.2. The Morgan fingerprint density at radius 1 is 1.12 bits per heavy atom. The lowest BCUT2D eigenvalue weighted by molar-refractivity contribution is -0.242. The van der Waals surface area contributed by atoms with Crippen LogP contribution in [-0.4, -0.2) is 24.1 Å². The topological polar surface area (TPSA) is 62.5 Å². The van der Waals surface area contributed by atoms with Crippen LogP contribution in [0.15, 0.2) is 48.3 Å². The van der Waals surface area contributed by atoms with Gasteiger partial charge in [0, 0.05) is 11.8 Å². The zero-order valence-electron chi connectivity index (χ0n) is 19.7. The Hall–Kier alpha value is -1.83. The molecule has 1 aliphatic heterocycles. The van der Waals surface area contributed by atoms with Gasteiger partial charge >= 0.3 is 0 Å². The van der Waals surface area contributed by atoms with E-state index in [9.17, 15) is 10.4 Å². The normalized spacial score (nSPS) is 41.3.